The second-order valence-corrected chi connectivity index (χ2v) is 32.2. The van der Waals surface area contributed by atoms with Gasteiger partial charge in [-0.2, -0.15) is 0 Å². The number of carbonyl (C=O) groups is 2. The molecule has 0 amide bonds. The molecule has 0 heterocycles. The van der Waals surface area contributed by atoms with E-state index in [1.54, 1.807) is 0 Å². The van der Waals surface area contributed by atoms with E-state index in [1.807, 2.05) is 0 Å². The number of hydrogen-bond acceptors (Lipinski definition) is 6. The van der Waals surface area contributed by atoms with Gasteiger partial charge in [0.15, 0.2) is 0 Å². The van der Waals surface area contributed by atoms with Crippen LogP contribution in [0.3, 0.4) is 0 Å². The van der Waals surface area contributed by atoms with E-state index in [0.29, 0.717) is 11.5 Å². The number of thiol groups is 2. The monoisotopic (exact) mass is 1140 g/mol. The van der Waals surface area contributed by atoms with Crippen LogP contribution in [-0.4, -0.2) is 42.6 Å². The molecule has 2 unspecified atom stereocenters. The average Bonchev–Trinajstić information content (AvgIpc) is 3.36. The standard InChI is InChI=1S/2C20H38O2S.2C12H25.Sn/c2*1-2-3-4-5-6-7-8-9-10-11-12-13-14-15-16-19(17-18-23)20(21)22;2*1-3-5-7-9-11-12-10-8-6-4-2;/h2*9-10,19,23H,2-8,11-18H2,1H3,(H,21,22);2*1,3-12H2,2H3;/q;;;;+2/p-2/b2*10-9-;;;. The van der Waals surface area contributed by atoms with E-state index in [9.17, 15) is 9.59 Å². The number of hydrogen-bond donors (Lipinski definition) is 2. The Morgan fingerprint density at radius 2 is 0.549 bits per heavy atom. The van der Waals surface area contributed by atoms with Crippen molar-refractivity contribution >= 4 is 56.4 Å². The zero-order chi connectivity index (χ0) is 51.8. The van der Waals surface area contributed by atoms with E-state index >= 15 is 0 Å². The fourth-order valence-corrected chi connectivity index (χ4v) is 20.5. The average molecular weight is 1140 g/mol. The summed E-state index contributed by atoms with van der Waals surface area (Å²) >= 11 is 5.05. The molecule has 0 aromatic carbocycles. The SMILES string of the molecule is CCCCCCCC/C=C\CCCCCCC(CCS)C(=O)[O][Sn]([CH2]CCCCCCCCCCC)([CH2]CCCCCCCCCCC)[O]C(=O)C(CCS)CCCCCC/C=C\CCCCCCCC. The summed E-state index contributed by atoms with van der Waals surface area (Å²) in [6.45, 7) is 9.14. The zero-order valence-electron chi connectivity index (χ0n) is 48.3. The van der Waals surface area contributed by atoms with Crippen molar-refractivity contribution in [3.05, 3.63) is 24.3 Å². The van der Waals surface area contributed by atoms with Gasteiger partial charge in [-0.3, -0.25) is 0 Å². The van der Waals surface area contributed by atoms with E-state index in [-0.39, 0.29) is 23.8 Å². The Hall–Kier alpha value is -0.0813. The van der Waals surface area contributed by atoms with Crippen LogP contribution in [0, 0.1) is 11.8 Å². The van der Waals surface area contributed by atoms with Crippen LogP contribution in [-0.2, 0) is 15.7 Å². The molecule has 2 atom stereocenters. The van der Waals surface area contributed by atoms with Gasteiger partial charge in [-0.05, 0) is 12.8 Å². The van der Waals surface area contributed by atoms with E-state index < -0.39 is 19.2 Å². The van der Waals surface area contributed by atoms with Gasteiger partial charge in [0.25, 0.3) is 0 Å². The van der Waals surface area contributed by atoms with Crippen LogP contribution in [0.25, 0.3) is 0 Å². The Bertz CT molecular complexity index is 1070. The Kier molecular flexibility index (Phi) is 57.6. The first-order valence-electron chi connectivity index (χ1n) is 31.9. The van der Waals surface area contributed by atoms with Crippen molar-refractivity contribution in [2.45, 2.75) is 345 Å². The molecule has 0 aliphatic rings. The van der Waals surface area contributed by atoms with Crippen molar-refractivity contribution < 1.29 is 15.7 Å². The van der Waals surface area contributed by atoms with Gasteiger partial charge in [0.05, 0.1) is 0 Å². The molecule has 0 fully saturated rings. The van der Waals surface area contributed by atoms with Crippen LogP contribution in [0.1, 0.15) is 336 Å². The van der Waals surface area contributed by atoms with Crippen molar-refractivity contribution in [3.63, 3.8) is 0 Å². The molecular weight excluding hydrogens is 1020 g/mol. The molecule has 7 heteroatoms. The first kappa shape index (κ1) is 70.9. The van der Waals surface area contributed by atoms with E-state index in [2.05, 4.69) is 77.3 Å². The van der Waals surface area contributed by atoms with Gasteiger partial charge >= 0.3 is 374 Å². The molecule has 420 valence electrons. The molecule has 0 saturated heterocycles. The van der Waals surface area contributed by atoms with Gasteiger partial charge in [-0.15, -0.1) is 0 Å². The minimum absolute atomic E-state index is 0.0776. The predicted octanol–water partition coefficient (Wildman–Crippen LogP) is 22.5. The number of carbonyl (C=O) groups excluding carboxylic acids is 2. The van der Waals surface area contributed by atoms with Crippen molar-refractivity contribution in [2.75, 3.05) is 11.5 Å². The van der Waals surface area contributed by atoms with E-state index in [0.717, 1.165) is 98.8 Å². The summed E-state index contributed by atoms with van der Waals surface area (Å²) < 4.78 is 15.6. The van der Waals surface area contributed by atoms with Crippen molar-refractivity contribution in [3.8, 4) is 0 Å². The molecule has 0 saturated carbocycles. The molecule has 0 aliphatic carbocycles. The van der Waals surface area contributed by atoms with Gasteiger partial charge in [0.2, 0.25) is 0 Å². The van der Waals surface area contributed by atoms with Crippen LogP contribution >= 0.6 is 25.3 Å². The Morgan fingerprint density at radius 3 is 0.803 bits per heavy atom. The second-order valence-electron chi connectivity index (χ2n) is 22.1. The smallest absolute Gasteiger partial charge is 0.0654 e. The molecule has 0 aromatic heterocycles. The molecule has 0 N–H and O–H groups in total. The molecule has 4 nitrogen and oxygen atoms in total. The van der Waals surface area contributed by atoms with Crippen LogP contribution in [0.5, 0.6) is 0 Å². The Balaban J connectivity index is 5.81. The summed E-state index contributed by atoms with van der Waals surface area (Å²) in [5.41, 5.74) is 0. The molecule has 0 rings (SSSR count). The third-order valence-electron chi connectivity index (χ3n) is 15.1. The normalized spacial score (nSPS) is 12.9. The van der Waals surface area contributed by atoms with Crippen LogP contribution < -0.4 is 0 Å². The summed E-state index contributed by atoms with van der Waals surface area (Å²) in [7, 11) is 0. The van der Waals surface area contributed by atoms with Gasteiger partial charge in [-0.25, -0.2) is 0 Å². The Labute approximate surface area is 461 Å². The first-order chi connectivity index (χ1) is 34.9. The van der Waals surface area contributed by atoms with E-state index in [1.165, 1.54) is 218 Å². The second kappa shape index (κ2) is 57.6. The number of allylic oxidation sites excluding steroid dienone is 4. The number of unbranched alkanes of at least 4 members (excludes halogenated alkanes) is 38. The minimum atomic E-state index is -4.26. The van der Waals surface area contributed by atoms with Crippen molar-refractivity contribution in [1.82, 2.24) is 0 Å². The van der Waals surface area contributed by atoms with Crippen LogP contribution in [0.15, 0.2) is 24.3 Å². The van der Waals surface area contributed by atoms with Crippen LogP contribution in [0.4, 0.5) is 0 Å². The maximum atomic E-state index is 14.6. The maximum absolute atomic E-state index is 14.6. The summed E-state index contributed by atoms with van der Waals surface area (Å²) in [6.07, 6.45) is 68.2. The molecule has 0 radical (unpaired) electrons. The Morgan fingerprint density at radius 1 is 0.324 bits per heavy atom. The third-order valence-corrected chi connectivity index (χ3v) is 25.3. The summed E-state index contributed by atoms with van der Waals surface area (Å²) in [5.74, 6) is 0.846. The van der Waals surface area contributed by atoms with Gasteiger partial charge in [-0.1, -0.05) is 78.1 Å². The summed E-state index contributed by atoms with van der Waals surface area (Å²) in [4.78, 5) is 29.1. The molecule has 0 aliphatic heterocycles. The zero-order valence-corrected chi connectivity index (χ0v) is 52.9. The fourth-order valence-electron chi connectivity index (χ4n) is 10.3. The first-order valence-corrected chi connectivity index (χ1v) is 39.5. The van der Waals surface area contributed by atoms with E-state index in [4.69, 9.17) is 6.15 Å². The summed E-state index contributed by atoms with van der Waals surface area (Å²) in [5, 5.41) is 0. The van der Waals surface area contributed by atoms with Gasteiger partial charge in [0, 0.05) is 0 Å². The van der Waals surface area contributed by atoms with Gasteiger partial charge in [0.1, 0.15) is 0 Å². The van der Waals surface area contributed by atoms with Gasteiger partial charge < -0.3 is 0 Å². The molecule has 71 heavy (non-hydrogen) atoms. The van der Waals surface area contributed by atoms with Crippen LogP contribution in [0.2, 0.25) is 8.87 Å². The third kappa shape index (κ3) is 48.1. The molecule has 0 aromatic rings. The minimum Gasteiger partial charge on any atom is -0.0654 e. The molecule has 0 bridgehead atoms. The topological polar surface area (TPSA) is 52.6 Å². The predicted molar refractivity (Wildman–Crippen MR) is 325 cm³/mol. The van der Waals surface area contributed by atoms with Crippen molar-refractivity contribution in [1.29, 1.82) is 0 Å². The summed E-state index contributed by atoms with van der Waals surface area (Å²) in [6, 6.07) is 0. The molecular formula is C64H124O4S2Sn. The quantitative estimate of drug-likeness (QED) is 0.0276. The fraction of sp³-hybridized carbons (Fsp3) is 0.906. The van der Waals surface area contributed by atoms with Crippen molar-refractivity contribution in [2.24, 2.45) is 11.8 Å². The molecule has 0 spiro atoms. The number of rotatable bonds is 58.